The summed E-state index contributed by atoms with van der Waals surface area (Å²) in [7, 11) is 0. The summed E-state index contributed by atoms with van der Waals surface area (Å²) < 4.78 is 19.1. The number of amides is 2. The Bertz CT molecular complexity index is 810. The van der Waals surface area contributed by atoms with E-state index in [1.165, 1.54) is 17.0 Å². The molecule has 6 heteroatoms. The van der Waals surface area contributed by atoms with Gasteiger partial charge in [-0.15, -0.1) is 0 Å². The third-order valence-corrected chi connectivity index (χ3v) is 4.36. The van der Waals surface area contributed by atoms with Gasteiger partial charge in [-0.25, -0.2) is 4.39 Å². The molecule has 0 aliphatic carbocycles. The van der Waals surface area contributed by atoms with Gasteiger partial charge in [0, 0.05) is 13.1 Å². The Hall–Kier alpha value is -2.89. The molecule has 2 aromatic rings. The molecule has 0 saturated carbocycles. The lowest BCUT2D eigenvalue weighted by molar-refractivity contribution is -0.143. The van der Waals surface area contributed by atoms with Crippen molar-refractivity contribution < 1.29 is 18.7 Å². The number of benzene rings is 2. The fourth-order valence-electron chi connectivity index (χ4n) is 3.00. The second-order valence-electron chi connectivity index (χ2n) is 6.55. The van der Waals surface area contributed by atoms with Crippen molar-refractivity contribution in [1.82, 2.24) is 10.2 Å². The third kappa shape index (κ3) is 5.81. The summed E-state index contributed by atoms with van der Waals surface area (Å²) in [6.45, 7) is 6.07. The highest BCUT2D eigenvalue weighted by Gasteiger charge is 2.28. The van der Waals surface area contributed by atoms with Gasteiger partial charge in [-0.05, 0) is 38.0 Å². The number of aryl methyl sites for hydroxylation is 1. The van der Waals surface area contributed by atoms with Gasteiger partial charge in [0.2, 0.25) is 5.91 Å². The Morgan fingerprint density at radius 2 is 1.89 bits per heavy atom. The van der Waals surface area contributed by atoms with E-state index >= 15 is 0 Å². The first kappa shape index (κ1) is 21.4. The Morgan fingerprint density at radius 1 is 1.14 bits per heavy atom. The first-order valence-corrected chi connectivity index (χ1v) is 9.46. The van der Waals surface area contributed by atoms with E-state index in [2.05, 4.69) is 5.32 Å². The minimum absolute atomic E-state index is 0.0115. The molecule has 0 heterocycles. The maximum atomic E-state index is 13.8. The van der Waals surface area contributed by atoms with Gasteiger partial charge in [-0.3, -0.25) is 9.59 Å². The van der Waals surface area contributed by atoms with Gasteiger partial charge in [0.1, 0.15) is 6.04 Å². The van der Waals surface area contributed by atoms with E-state index in [9.17, 15) is 14.0 Å². The summed E-state index contributed by atoms with van der Waals surface area (Å²) in [5.74, 6) is -1.10. The van der Waals surface area contributed by atoms with E-state index in [4.69, 9.17) is 4.74 Å². The van der Waals surface area contributed by atoms with Crippen LogP contribution in [0.3, 0.4) is 0 Å². The van der Waals surface area contributed by atoms with E-state index in [1.807, 2.05) is 45.0 Å². The Morgan fingerprint density at radius 3 is 2.54 bits per heavy atom. The Kier molecular flexibility index (Phi) is 7.99. The minimum atomic E-state index is -0.628. The largest absolute Gasteiger partial charge is 0.481 e. The van der Waals surface area contributed by atoms with Gasteiger partial charge in [-0.1, -0.05) is 48.9 Å². The number of ether oxygens (including phenoxy) is 1. The number of para-hydroxylation sites is 1. The molecule has 0 aromatic heterocycles. The maximum Gasteiger partial charge on any atom is 0.261 e. The fraction of sp³-hybridized carbons (Fsp3) is 0.364. The molecule has 2 rings (SSSR count). The van der Waals surface area contributed by atoms with Crippen LogP contribution in [0, 0.1) is 12.7 Å². The quantitative estimate of drug-likeness (QED) is 0.718. The molecule has 1 unspecified atom stereocenters. The zero-order valence-corrected chi connectivity index (χ0v) is 16.6. The van der Waals surface area contributed by atoms with Crippen molar-refractivity contribution in [2.24, 2.45) is 0 Å². The lowest BCUT2D eigenvalue weighted by atomic mass is 10.1. The highest BCUT2D eigenvalue weighted by Crippen LogP contribution is 2.17. The topological polar surface area (TPSA) is 58.6 Å². The first-order valence-electron chi connectivity index (χ1n) is 9.46. The molecule has 0 fully saturated rings. The van der Waals surface area contributed by atoms with Crippen molar-refractivity contribution in [2.75, 3.05) is 13.2 Å². The van der Waals surface area contributed by atoms with Crippen molar-refractivity contribution in [1.29, 1.82) is 0 Å². The van der Waals surface area contributed by atoms with Crippen molar-refractivity contribution in [3.05, 3.63) is 65.5 Å². The average Bonchev–Trinajstić information content (AvgIpc) is 2.67. The minimum Gasteiger partial charge on any atom is -0.481 e. The molecule has 0 aliphatic heterocycles. The molecule has 2 amide bonds. The van der Waals surface area contributed by atoms with Gasteiger partial charge < -0.3 is 15.0 Å². The predicted octanol–water partition coefficient (Wildman–Crippen LogP) is 3.46. The number of rotatable bonds is 9. The molecule has 0 radical (unpaired) electrons. The van der Waals surface area contributed by atoms with Crippen LogP contribution in [0.2, 0.25) is 0 Å². The van der Waals surface area contributed by atoms with E-state index in [0.29, 0.717) is 13.0 Å². The molecular weight excluding hydrogens is 359 g/mol. The number of nitrogens with zero attached hydrogens (tertiary/aromatic N) is 1. The van der Waals surface area contributed by atoms with Crippen LogP contribution in [-0.2, 0) is 16.1 Å². The second-order valence-corrected chi connectivity index (χ2v) is 6.55. The Balaban J connectivity index is 2.21. The number of carbonyl (C=O) groups is 2. The average molecular weight is 386 g/mol. The van der Waals surface area contributed by atoms with Crippen LogP contribution in [0.15, 0.2) is 48.5 Å². The number of likely N-dealkylation sites (N-methyl/N-ethyl adjacent to an activating group) is 1. The van der Waals surface area contributed by atoms with Crippen LogP contribution in [-0.4, -0.2) is 35.9 Å². The summed E-state index contributed by atoms with van der Waals surface area (Å²) in [5, 5.41) is 2.78. The number of halogens is 1. The second kappa shape index (κ2) is 10.4. The third-order valence-electron chi connectivity index (χ3n) is 4.36. The highest BCUT2D eigenvalue weighted by molar-refractivity contribution is 5.88. The summed E-state index contributed by atoms with van der Waals surface area (Å²) >= 11 is 0. The zero-order valence-electron chi connectivity index (χ0n) is 16.6. The van der Waals surface area contributed by atoms with Crippen LogP contribution in [0.4, 0.5) is 4.39 Å². The number of carbonyl (C=O) groups excluding carboxylic acids is 2. The molecule has 0 saturated heterocycles. The van der Waals surface area contributed by atoms with E-state index in [0.717, 1.165) is 11.1 Å². The lowest BCUT2D eigenvalue weighted by Gasteiger charge is -2.30. The van der Waals surface area contributed by atoms with Crippen LogP contribution in [0.5, 0.6) is 5.75 Å². The molecule has 1 N–H and O–H groups in total. The summed E-state index contributed by atoms with van der Waals surface area (Å²) in [6.07, 6.45) is 0.461. The van der Waals surface area contributed by atoms with Gasteiger partial charge in [0.15, 0.2) is 18.2 Å². The zero-order chi connectivity index (χ0) is 20.5. The van der Waals surface area contributed by atoms with Gasteiger partial charge in [-0.2, -0.15) is 0 Å². The van der Waals surface area contributed by atoms with Crippen molar-refractivity contribution in [3.8, 4) is 5.75 Å². The molecule has 1 atom stereocenters. The van der Waals surface area contributed by atoms with Crippen molar-refractivity contribution >= 4 is 11.8 Å². The lowest BCUT2D eigenvalue weighted by Crippen LogP contribution is -2.50. The normalized spacial score (nSPS) is 11.6. The monoisotopic (exact) mass is 386 g/mol. The highest BCUT2D eigenvalue weighted by atomic mass is 19.1. The standard InChI is InChI=1S/C22H27FN2O3/c1-4-19(22(27)24-5-2)25(14-17-10-8-9-16(3)13-17)21(26)15-28-20-12-7-6-11-18(20)23/h6-13,19H,4-5,14-15H2,1-3H3,(H,24,27). The summed E-state index contributed by atoms with van der Waals surface area (Å²) in [4.78, 5) is 26.9. The number of hydrogen-bond donors (Lipinski definition) is 1. The molecule has 28 heavy (non-hydrogen) atoms. The van der Waals surface area contributed by atoms with Gasteiger partial charge in [0.25, 0.3) is 5.91 Å². The van der Waals surface area contributed by atoms with E-state index in [-0.39, 0.29) is 30.7 Å². The van der Waals surface area contributed by atoms with E-state index < -0.39 is 11.9 Å². The molecule has 0 bridgehead atoms. The molecular formula is C22H27FN2O3. The molecule has 2 aromatic carbocycles. The van der Waals surface area contributed by atoms with Crippen LogP contribution in [0.1, 0.15) is 31.4 Å². The molecule has 5 nitrogen and oxygen atoms in total. The van der Waals surface area contributed by atoms with Gasteiger partial charge in [0.05, 0.1) is 0 Å². The molecule has 0 spiro atoms. The van der Waals surface area contributed by atoms with Crippen LogP contribution < -0.4 is 10.1 Å². The predicted molar refractivity (Wildman–Crippen MR) is 106 cm³/mol. The van der Waals surface area contributed by atoms with Crippen LogP contribution in [0.25, 0.3) is 0 Å². The fourth-order valence-corrected chi connectivity index (χ4v) is 3.00. The van der Waals surface area contributed by atoms with Gasteiger partial charge >= 0.3 is 0 Å². The molecule has 150 valence electrons. The van der Waals surface area contributed by atoms with E-state index in [1.54, 1.807) is 12.1 Å². The summed E-state index contributed by atoms with van der Waals surface area (Å²) in [6, 6.07) is 13.1. The SMILES string of the molecule is CCNC(=O)C(CC)N(Cc1cccc(C)c1)C(=O)COc1ccccc1F. The smallest absolute Gasteiger partial charge is 0.261 e. The van der Waals surface area contributed by atoms with Crippen molar-refractivity contribution in [3.63, 3.8) is 0 Å². The maximum absolute atomic E-state index is 13.8. The van der Waals surface area contributed by atoms with Crippen LogP contribution >= 0.6 is 0 Å². The number of hydrogen-bond acceptors (Lipinski definition) is 3. The summed E-state index contributed by atoms with van der Waals surface area (Å²) in [5.41, 5.74) is 1.99. The number of nitrogens with one attached hydrogen (secondary N) is 1. The Labute approximate surface area is 165 Å². The first-order chi connectivity index (χ1) is 13.5. The van der Waals surface area contributed by atoms with Crippen molar-refractivity contribution in [2.45, 2.75) is 39.8 Å². The molecule has 0 aliphatic rings.